The Bertz CT molecular complexity index is 1940. The number of anilines is 3. The molecule has 1 aliphatic heterocycles. The Morgan fingerprint density at radius 1 is 0.980 bits per heavy atom. The molecule has 12 nitrogen and oxygen atoms in total. The van der Waals surface area contributed by atoms with Crippen LogP contribution >= 0.6 is 0 Å². The maximum Gasteiger partial charge on any atom is 0.416 e. The van der Waals surface area contributed by atoms with Crippen LogP contribution in [0.1, 0.15) is 32.2 Å². The molecule has 2 aromatic heterocycles. The lowest BCUT2D eigenvalue weighted by molar-refractivity contribution is -0.146. The number of benzene rings is 3. The first-order chi connectivity index (χ1) is 24.0. The van der Waals surface area contributed by atoms with Crippen molar-refractivity contribution in [3.8, 4) is 11.4 Å². The first-order valence-electron chi connectivity index (χ1n) is 16.6. The number of carbonyl (C=O) groups excluding carboxylic acids is 2. The van der Waals surface area contributed by atoms with Gasteiger partial charge in [-0.25, -0.2) is 14.3 Å². The highest BCUT2D eigenvalue weighted by Gasteiger charge is 2.26. The number of nitrogens with zero attached hydrogens (tertiary/aromatic N) is 5. The van der Waals surface area contributed by atoms with Gasteiger partial charge in [-0.15, -0.1) is 0 Å². The van der Waals surface area contributed by atoms with Crippen molar-refractivity contribution in [2.45, 2.75) is 39.4 Å². The molecule has 3 aromatic carbocycles. The first-order valence-corrected chi connectivity index (χ1v) is 16.6. The number of pyridine rings is 1. The molecular formula is C38H43N7O5. The lowest BCUT2D eigenvalue weighted by atomic mass is 9.92. The number of morpholine rings is 1. The number of carbonyl (C=O) groups is 2. The molecule has 1 aliphatic rings. The molecule has 0 bridgehead atoms. The molecule has 50 heavy (non-hydrogen) atoms. The van der Waals surface area contributed by atoms with Crippen LogP contribution in [0.25, 0.3) is 16.5 Å². The topological polar surface area (TPSA) is 123 Å². The second-order valence-corrected chi connectivity index (χ2v) is 13.2. The van der Waals surface area contributed by atoms with E-state index >= 15 is 0 Å². The minimum Gasteiger partial charge on any atom is -0.492 e. The number of aromatic nitrogens is 3. The van der Waals surface area contributed by atoms with E-state index in [1.807, 2.05) is 91.9 Å². The van der Waals surface area contributed by atoms with Crippen LogP contribution in [0.4, 0.5) is 26.8 Å². The van der Waals surface area contributed by atoms with E-state index in [2.05, 4.69) is 41.3 Å². The number of urea groups is 1. The molecule has 0 saturated carbocycles. The maximum absolute atomic E-state index is 13.4. The average Bonchev–Trinajstić information content (AvgIpc) is 3.54. The van der Waals surface area contributed by atoms with Gasteiger partial charge in [0.05, 0.1) is 36.4 Å². The Hall–Kier alpha value is -5.46. The Labute approximate surface area is 291 Å². The third-order valence-electron chi connectivity index (χ3n) is 8.43. The summed E-state index contributed by atoms with van der Waals surface area (Å²) in [5.74, 6) is 1.23. The van der Waals surface area contributed by atoms with Crippen molar-refractivity contribution in [2.24, 2.45) is 0 Å². The van der Waals surface area contributed by atoms with Gasteiger partial charge in [-0.3, -0.25) is 20.1 Å². The van der Waals surface area contributed by atoms with E-state index in [-0.39, 0.29) is 5.41 Å². The maximum atomic E-state index is 13.4. The van der Waals surface area contributed by atoms with Gasteiger partial charge in [0.15, 0.2) is 0 Å². The minimum atomic E-state index is -0.674. The van der Waals surface area contributed by atoms with Gasteiger partial charge in [0, 0.05) is 53.8 Å². The third kappa shape index (κ3) is 8.21. The SMILES string of the molecule is Cc1ccc(-n2nc(C(C)(C)C)cc2NC(=O)Nc2ccc(OCCN3CCOC(OC(=O)N(C)c4ccccc4)C3)c3ccccc23)cn1. The minimum absolute atomic E-state index is 0.224. The quantitative estimate of drug-likeness (QED) is 0.171. The van der Waals surface area contributed by atoms with Crippen molar-refractivity contribution in [3.05, 3.63) is 103 Å². The summed E-state index contributed by atoms with van der Waals surface area (Å²) in [5, 5.41) is 12.5. The Kier molecular flexibility index (Phi) is 10.3. The van der Waals surface area contributed by atoms with Crippen LogP contribution in [0.2, 0.25) is 0 Å². The van der Waals surface area contributed by atoms with E-state index in [4.69, 9.17) is 19.3 Å². The molecule has 0 radical (unpaired) electrons. The van der Waals surface area contributed by atoms with Gasteiger partial charge in [0.25, 0.3) is 0 Å². The molecule has 1 fully saturated rings. The van der Waals surface area contributed by atoms with E-state index in [0.717, 1.165) is 33.5 Å². The van der Waals surface area contributed by atoms with Gasteiger partial charge >= 0.3 is 12.1 Å². The number of fused-ring (bicyclic) bond motifs is 1. The molecule has 3 heterocycles. The first kappa shape index (κ1) is 34.4. The van der Waals surface area contributed by atoms with E-state index in [1.165, 1.54) is 4.90 Å². The predicted molar refractivity (Wildman–Crippen MR) is 194 cm³/mol. The number of nitrogens with one attached hydrogen (secondary N) is 2. The van der Waals surface area contributed by atoms with Crippen LogP contribution in [0.5, 0.6) is 5.75 Å². The highest BCUT2D eigenvalue weighted by atomic mass is 16.7. The van der Waals surface area contributed by atoms with Gasteiger partial charge in [-0.05, 0) is 43.3 Å². The van der Waals surface area contributed by atoms with Gasteiger partial charge in [0.1, 0.15) is 18.2 Å². The largest absolute Gasteiger partial charge is 0.492 e. The molecule has 2 N–H and O–H groups in total. The fraction of sp³-hybridized carbons (Fsp3) is 0.316. The molecule has 260 valence electrons. The Balaban J connectivity index is 1.08. The molecule has 3 amide bonds. The zero-order chi connectivity index (χ0) is 35.3. The molecule has 6 rings (SSSR count). The van der Waals surface area contributed by atoms with E-state index < -0.39 is 18.4 Å². The van der Waals surface area contributed by atoms with Crippen LogP contribution in [0.15, 0.2) is 91.1 Å². The molecule has 0 aliphatic carbocycles. The summed E-state index contributed by atoms with van der Waals surface area (Å²) >= 11 is 0. The van der Waals surface area contributed by atoms with Gasteiger partial charge in [-0.1, -0.05) is 63.2 Å². The van der Waals surface area contributed by atoms with E-state index in [0.29, 0.717) is 50.1 Å². The number of para-hydroxylation sites is 1. The predicted octanol–water partition coefficient (Wildman–Crippen LogP) is 6.98. The highest BCUT2D eigenvalue weighted by molar-refractivity contribution is 6.07. The van der Waals surface area contributed by atoms with Crippen molar-refractivity contribution < 1.29 is 23.8 Å². The number of ether oxygens (including phenoxy) is 3. The highest BCUT2D eigenvalue weighted by Crippen LogP contribution is 2.32. The van der Waals surface area contributed by atoms with Crippen LogP contribution in [0.3, 0.4) is 0 Å². The van der Waals surface area contributed by atoms with Gasteiger partial charge in [-0.2, -0.15) is 5.10 Å². The normalized spacial score (nSPS) is 15.0. The van der Waals surface area contributed by atoms with Crippen LogP contribution in [-0.2, 0) is 14.9 Å². The van der Waals surface area contributed by atoms with E-state index in [9.17, 15) is 9.59 Å². The lowest BCUT2D eigenvalue weighted by Gasteiger charge is -2.33. The molecule has 1 unspecified atom stereocenters. The average molecular weight is 678 g/mol. The lowest BCUT2D eigenvalue weighted by Crippen LogP contribution is -2.47. The van der Waals surface area contributed by atoms with Crippen LogP contribution in [0, 0.1) is 6.92 Å². The summed E-state index contributed by atoms with van der Waals surface area (Å²) in [5.41, 5.74) is 3.64. The standard InChI is InChI=1S/C38H43N7O5/c1-26-15-16-28(24-39-26)45-34(23-33(42-45)38(2,3)4)41-36(46)40-31-17-18-32(30-14-10-9-13-29(30)31)48-21-19-44-20-22-49-35(25-44)50-37(47)43(5)27-11-7-6-8-12-27/h6-18,23-24,35H,19-22,25H2,1-5H3,(H2,40,41,46). The van der Waals surface area contributed by atoms with E-state index in [1.54, 1.807) is 17.9 Å². The Morgan fingerprint density at radius 2 is 1.74 bits per heavy atom. The van der Waals surface area contributed by atoms with Crippen LogP contribution in [-0.4, -0.2) is 78.0 Å². The molecule has 5 aromatic rings. The van der Waals surface area contributed by atoms with Crippen molar-refractivity contribution >= 4 is 40.1 Å². The second kappa shape index (κ2) is 15.0. The molecule has 12 heteroatoms. The number of hydrogen-bond donors (Lipinski definition) is 2. The number of hydrogen-bond acceptors (Lipinski definition) is 8. The van der Waals surface area contributed by atoms with Gasteiger partial charge in [0.2, 0.25) is 6.29 Å². The summed E-state index contributed by atoms with van der Waals surface area (Å²) in [7, 11) is 1.67. The second-order valence-electron chi connectivity index (χ2n) is 13.2. The van der Waals surface area contributed by atoms with Crippen LogP contribution < -0.4 is 20.3 Å². The van der Waals surface area contributed by atoms with Gasteiger partial charge < -0.3 is 19.5 Å². The van der Waals surface area contributed by atoms with Crippen molar-refractivity contribution in [1.29, 1.82) is 0 Å². The Morgan fingerprint density at radius 3 is 2.48 bits per heavy atom. The smallest absolute Gasteiger partial charge is 0.416 e. The number of rotatable bonds is 9. The summed E-state index contributed by atoms with van der Waals surface area (Å²) in [6.45, 7) is 10.8. The van der Waals surface area contributed by atoms with Crippen molar-refractivity contribution in [2.75, 3.05) is 55.4 Å². The molecular weight excluding hydrogens is 634 g/mol. The fourth-order valence-electron chi connectivity index (χ4n) is 5.57. The number of amides is 3. The zero-order valence-electron chi connectivity index (χ0n) is 29.1. The summed E-state index contributed by atoms with van der Waals surface area (Å²) in [4.78, 5) is 34.1. The molecule has 0 spiro atoms. The zero-order valence-corrected chi connectivity index (χ0v) is 29.1. The monoisotopic (exact) mass is 677 g/mol. The molecule has 1 saturated heterocycles. The summed E-state index contributed by atoms with van der Waals surface area (Å²) in [6.07, 6.45) is 0.589. The summed E-state index contributed by atoms with van der Waals surface area (Å²) < 4.78 is 19.3. The summed E-state index contributed by atoms with van der Waals surface area (Å²) in [6, 6.07) is 26.1. The van der Waals surface area contributed by atoms with Crippen molar-refractivity contribution in [1.82, 2.24) is 19.7 Å². The third-order valence-corrected chi connectivity index (χ3v) is 8.43. The molecule has 1 atom stereocenters. The number of aryl methyl sites for hydroxylation is 1. The fourth-order valence-corrected chi connectivity index (χ4v) is 5.57. The van der Waals surface area contributed by atoms with Crippen molar-refractivity contribution in [3.63, 3.8) is 0 Å².